The predicted molar refractivity (Wildman–Crippen MR) is 73.3 cm³/mol. The van der Waals surface area contributed by atoms with Crippen molar-refractivity contribution in [2.75, 3.05) is 0 Å². The molecule has 2 N–H and O–H groups in total. The van der Waals surface area contributed by atoms with Crippen molar-refractivity contribution in [3.8, 4) is 0 Å². The molecule has 0 aromatic rings. The number of hydrogen-bond acceptors (Lipinski definition) is 4. The van der Waals surface area contributed by atoms with Crippen LogP contribution in [0.2, 0.25) is 0 Å². The van der Waals surface area contributed by atoms with Crippen LogP contribution < -0.4 is 0 Å². The van der Waals surface area contributed by atoms with Gasteiger partial charge >= 0.3 is 0 Å². The lowest BCUT2D eigenvalue weighted by molar-refractivity contribution is 0.0110. The minimum atomic E-state index is -3.84. The first-order chi connectivity index (χ1) is 7.91. The largest absolute Gasteiger partial charge is 0.362 e. The number of rotatable bonds is 0. The van der Waals surface area contributed by atoms with E-state index in [1.165, 1.54) is 41.5 Å². The van der Waals surface area contributed by atoms with Gasteiger partial charge in [0.15, 0.2) is 0 Å². The molecule has 0 spiro atoms. The number of nitrogens with zero attached hydrogens (tertiary/aromatic N) is 2. The van der Waals surface area contributed by atoms with Crippen molar-refractivity contribution in [3.05, 3.63) is 5.53 Å². The molecule has 0 amide bonds. The van der Waals surface area contributed by atoms with Gasteiger partial charge in [-0.2, -0.15) is 21.6 Å². The van der Waals surface area contributed by atoms with Crippen LogP contribution in [0.3, 0.4) is 0 Å². The van der Waals surface area contributed by atoms with Gasteiger partial charge in [0.05, 0.1) is 9.49 Å². The van der Waals surface area contributed by atoms with Crippen molar-refractivity contribution in [1.82, 2.24) is 0 Å². The normalized spacial score (nSPS) is 12.2. The van der Waals surface area contributed by atoms with E-state index in [4.69, 9.17) is 14.6 Å². The van der Waals surface area contributed by atoms with Crippen LogP contribution in [-0.2, 0) is 20.2 Å². The van der Waals surface area contributed by atoms with Crippen molar-refractivity contribution in [2.24, 2.45) is 0 Å². The van der Waals surface area contributed by atoms with Gasteiger partial charge in [-0.05, 0) is 41.5 Å². The van der Waals surface area contributed by atoms with Crippen LogP contribution in [0.5, 0.6) is 0 Å². The predicted octanol–water partition coefficient (Wildman–Crippen LogP) is 1.26. The van der Waals surface area contributed by atoms with Crippen LogP contribution in [0.15, 0.2) is 0 Å². The Morgan fingerprint density at radius 3 is 0.895 bits per heavy atom. The van der Waals surface area contributed by atoms with Crippen molar-refractivity contribution in [1.29, 1.82) is 0 Å². The van der Waals surface area contributed by atoms with Crippen LogP contribution in [0.1, 0.15) is 41.5 Å². The van der Waals surface area contributed by atoms with E-state index in [0.29, 0.717) is 0 Å². The van der Waals surface area contributed by atoms with Crippen molar-refractivity contribution in [3.63, 3.8) is 0 Å². The standard InChI is InChI=1S/2C4H10O3S.CH2N2/c2*1-4(2,3)8(5,6)7;1-3-2/h2*1-3H3,(H,5,6,7);1H2. The first-order valence-corrected chi connectivity index (χ1v) is 7.84. The molecular formula is C9H22N2O6S2. The molecule has 0 rings (SSSR count). The van der Waals surface area contributed by atoms with Gasteiger partial charge in [-0.3, -0.25) is 9.11 Å². The van der Waals surface area contributed by atoms with E-state index >= 15 is 0 Å². The van der Waals surface area contributed by atoms with Gasteiger partial charge in [0.1, 0.15) is 0 Å². The fourth-order valence-corrected chi connectivity index (χ4v) is 0. The fourth-order valence-electron chi connectivity index (χ4n) is 0. The Bertz CT molecular complexity index is 446. The molecule has 0 atom stereocenters. The molecule has 0 bridgehead atoms. The summed E-state index contributed by atoms with van der Waals surface area (Å²) in [5.41, 5.74) is 7.08. The monoisotopic (exact) mass is 318 g/mol. The van der Waals surface area contributed by atoms with E-state index in [2.05, 4.69) is 11.5 Å². The van der Waals surface area contributed by atoms with E-state index in [1.807, 2.05) is 0 Å². The SMILES string of the molecule is C=[N+]=[N-].CC(C)(C)S(=O)(=O)O.CC(C)(C)S(=O)(=O)O. The molecule has 0 unspecified atom stereocenters. The van der Waals surface area contributed by atoms with Crippen LogP contribution in [0.25, 0.3) is 5.53 Å². The van der Waals surface area contributed by atoms with E-state index < -0.39 is 29.7 Å². The molecule has 0 aliphatic heterocycles. The molecule has 0 aliphatic rings. The highest BCUT2D eigenvalue weighted by atomic mass is 32.2. The zero-order valence-electron chi connectivity index (χ0n) is 11.9. The van der Waals surface area contributed by atoms with Gasteiger partial charge in [-0.15, -0.1) is 0 Å². The zero-order valence-corrected chi connectivity index (χ0v) is 13.6. The molecule has 0 heterocycles. The van der Waals surface area contributed by atoms with Gasteiger partial charge in [0.2, 0.25) is 6.72 Å². The molecule has 116 valence electrons. The first-order valence-electron chi connectivity index (χ1n) is 4.96. The van der Waals surface area contributed by atoms with Crippen molar-refractivity contribution >= 4 is 27.0 Å². The van der Waals surface area contributed by atoms with Crippen LogP contribution in [0, 0.1) is 0 Å². The van der Waals surface area contributed by atoms with Gasteiger partial charge in [0, 0.05) is 0 Å². The summed E-state index contributed by atoms with van der Waals surface area (Å²) >= 11 is 0. The van der Waals surface area contributed by atoms with Crippen molar-refractivity contribution < 1.29 is 30.7 Å². The second kappa shape index (κ2) is 7.71. The van der Waals surface area contributed by atoms with E-state index in [-0.39, 0.29) is 0 Å². The summed E-state index contributed by atoms with van der Waals surface area (Å²) in [5, 5.41) is 0. The van der Waals surface area contributed by atoms with Crippen molar-refractivity contribution in [2.45, 2.75) is 51.0 Å². The maximum Gasteiger partial charge on any atom is 0.269 e. The third kappa shape index (κ3) is 13.4. The molecule has 0 fully saturated rings. The molecule has 0 aromatic heterocycles. The third-order valence-electron chi connectivity index (χ3n) is 1.55. The summed E-state index contributed by atoms with van der Waals surface area (Å²) in [4.78, 5) is 2.25. The quantitative estimate of drug-likeness (QED) is 0.297. The highest BCUT2D eigenvalue weighted by Gasteiger charge is 2.26. The van der Waals surface area contributed by atoms with Gasteiger partial charge < -0.3 is 5.53 Å². The highest BCUT2D eigenvalue weighted by molar-refractivity contribution is 7.87. The fraction of sp³-hybridized carbons (Fsp3) is 0.889. The van der Waals surface area contributed by atoms with Crippen LogP contribution >= 0.6 is 0 Å². The summed E-state index contributed by atoms with van der Waals surface area (Å²) in [7, 11) is -7.68. The third-order valence-corrected chi connectivity index (χ3v) is 4.64. The molecule has 0 aliphatic carbocycles. The second-order valence-corrected chi connectivity index (χ2v) is 9.67. The topological polar surface area (TPSA) is 145 Å². The van der Waals surface area contributed by atoms with Gasteiger partial charge in [-0.25, -0.2) is 0 Å². The molecule has 0 saturated carbocycles. The minimum absolute atomic E-state index is 1.03. The molecule has 8 nitrogen and oxygen atoms in total. The molecule has 0 aromatic carbocycles. The second-order valence-electron chi connectivity index (χ2n) is 5.32. The molecule has 10 heteroatoms. The summed E-state index contributed by atoms with van der Waals surface area (Å²) in [6, 6.07) is 0. The van der Waals surface area contributed by atoms with E-state index in [0.717, 1.165) is 0 Å². The summed E-state index contributed by atoms with van der Waals surface area (Å²) in [6.07, 6.45) is 0. The Morgan fingerprint density at radius 1 is 0.842 bits per heavy atom. The lowest BCUT2D eigenvalue weighted by Gasteiger charge is -2.12. The Kier molecular flexibility index (Phi) is 9.45. The average Bonchev–Trinajstić information content (AvgIpc) is 1.97. The maximum atomic E-state index is 10.2. The molecular weight excluding hydrogens is 296 g/mol. The minimum Gasteiger partial charge on any atom is -0.362 e. The van der Waals surface area contributed by atoms with E-state index in [9.17, 15) is 16.8 Å². The highest BCUT2D eigenvalue weighted by Crippen LogP contribution is 2.12. The Hall–Kier alpha value is -0.800. The molecule has 0 radical (unpaired) electrons. The van der Waals surface area contributed by atoms with Crippen LogP contribution in [-0.4, -0.2) is 46.9 Å². The Morgan fingerprint density at radius 2 is 0.895 bits per heavy atom. The number of hydrogen-bond donors (Lipinski definition) is 2. The zero-order chi connectivity index (χ0) is 16.7. The summed E-state index contributed by atoms with van der Waals surface area (Å²) < 4.78 is 55.4. The molecule has 19 heavy (non-hydrogen) atoms. The smallest absolute Gasteiger partial charge is 0.269 e. The summed E-state index contributed by atoms with van der Waals surface area (Å²) in [6.45, 7) is 11.3. The van der Waals surface area contributed by atoms with Crippen LogP contribution in [0.4, 0.5) is 0 Å². The van der Waals surface area contributed by atoms with E-state index in [1.54, 1.807) is 0 Å². The lowest BCUT2D eigenvalue weighted by Crippen LogP contribution is -2.26. The van der Waals surface area contributed by atoms with Gasteiger partial charge in [0.25, 0.3) is 20.2 Å². The average molecular weight is 318 g/mol. The lowest BCUT2D eigenvalue weighted by atomic mass is 10.3. The molecule has 0 saturated heterocycles. The Labute approximate surface area is 115 Å². The Balaban J connectivity index is -0.000000224. The first kappa shape index (κ1) is 23.3. The maximum absolute atomic E-state index is 10.2. The van der Waals surface area contributed by atoms with Gasteiger partial charge in [-0.1, -0.05) is 0 Å². The summed E-state index contributed by atoms with van der Waals surface area (Å²) in [5.74, 6) is 0.